The maximum absolute atomic E-state index is 10.7. The van der Waals surface area contributed by atoms with Crippen LogP contribution in [-0.2, 0) is 4.65 Å². The van der Waals surface area contributed by atoms with Crippen molar-refractivity contribution in [3.8, 4) is 0 Å². The molecule has 20 heavy (non-hydrogen) atoms. The number of aromatic nitrogens is 2. The van der Waals surface area contributed by atoms with Crippen LogP contribution in [0.5, 0.6) is 0 Å². The van der Waals surface area contributed by atoms with Crippen molar-refractivity contribution in [2.24, 2.45) is 0 Å². The van der Waals surface area contributed by atoms with Gasteiger partial charge in [-0.3, -0.25) is 4.79 Å². The molecule has 1 radical (unpaired) electrons. The van der Waals surface area contributed by atoms with Crippen LogP contribution >= 0.6 is 0 Å². The number of nitrogens with zero attached hydrogens (tertiary/aromatic N) is 2. The summed E-state index contributed by atoms with van der Waals surface area (Å²) in [5, 5.41) is 10.0. The Labute approximate surface area is 118 Å². The lowest BCUT2D eigenvalue weighted by atomic mass is 9.83. The fraction of sp³-hybridized carbons (Fsp3) is 0.429. The molecule has 0 spiro atoms. The van der Waals surface area contributed by atoms with Gasteiger partial charge >= 0.3 is 7.48 Å². The highest BCUT2D eigenvalue weighted by Gasteiger charge is 2.35. The Morgan fingerprint density at radius 3 is 2.70 bits per heavy atom. The predicted molar refractivity (Wildman–Crippen MR) is 77.4 cm³/mol. The second-order valence-corrected chi connectivity index (χ2v) is 5.81. The van der Waals surface area contributed by atoms with Crippen molar-refractivity contribution in [3.63, 3.8) is 0 Å². The Bertz CT molecular complexity index is 629. The molecule has 0 amide bonds. The zero-order chi connectivity index (χ0) is 15.0. The largest absolute Gasteiger partial charge is 0.427 e. The number of carbonyl (C=O) groups excluding carboxylic acids is 1. The van der Waals surface area contributed by atoms with E-state index < -0.39 is 11.2 Å². The van der Waals surface area contributed by atoms with Gasteiger partial charge in [0.05, 0.1) is 11.2 Å². The quantitative estimate of drug-likeness (QED) is 0.651. The van der Waals surface area contributed by atoms with E-state index in [2.05, 4.69) is 4.98 Å². The standard InChI is InChI=1S/C14H18BN2O3/c1-13(2,19)14(3,4)20-15-10-5-6-17-8-11(9-18)16-12(17)7-10/h5-9,19H,1-4H3. The van der Waals surface area contributed by atoms with E-state index in [-0.39, 0.29) is 0 Å². The van der Waals surface area contributed by atoms with Gasteiger partial charge in [0.25, 0.3) is 0 Å². The summed E-state index contributed by atoms with van der Waals surface area (Å²) in [5.41, 5.74) is 0.192. The Morgan fingerprint density at radius 2 is 2.10 bits per heavy atom. The molecule has 1 N–H and O–H groups in total. The number of carbonyl (C=O) groups is 1. The first kappa shape index (κ1) is 14.7. The summed E-state index contributed by atoms with van der Waals surface area (Å²) in [7, 11) is 1.59. The first-order valence-corrected chi connectivity index (χ1v) is 6.40. The lowest BCUT2D eigenvalue weighted by molar-refractivity contribution is -0.0893. The van der Waals surface area contributed by atoms with Crippen LogP contribution in [0.1, 0.15) is 38.2 Å². The van der Waals surface area contributed by atoms with Gasteiger partial charge in [-0.25, -0.2) is 4.98 Å². The highest BCUT2D eigenvalue weighted by atomic mass is 16.5. The van der Waals surface area contributed by atoms with Gasteiger partial charge in [-0.15, -0.1) is 0 Å². The molecule has 6 heteroatoms. The van der Waals surface area contributed by atoms with E-state index >= 15 is 0 Å². The fourth-order valence-corrected chi connectivity index (χ4v) is 1.51. The van der Waals surface area contributed by atoms with Gasteiger partial charge in [-0.05, 0) is 45.3 Å². The molecule has 2 aromatic heterocycles. The molecule has 0 saturated heterocycles. The predicted octanol–water partition coefficient (Wildman–Crippen LogP) is 0.957. The third-order valence-corrected chi connectivity index (χ3v) is 3.59. The average Bonchev–Trinajstić information content (AvgIpc) is 2.77. The maximum atomic E-state index is 10.7. The molecule has 0 unspecified atom stereocenters. The minimum atomic E-state index is -0.967. The number of hydrogen-bond donors (Lipinski definition) is 1. The SMILES string of the molecule is CC(C)(O)C(C)(C)O[B]c1ccn2cc(C=O)nc2c1. The van der Waals surface area contributed by atoms with Gasteiger partial charge in [0, 0.05) is 12.4 Å². The van der Waals surface area contributed by atoms with Crippen LogP contribution in [0, 0.1) is 0 Å². The number of aldehydes is 1. The molecule has 0 aliphatic carbocycles. The molecule has 0 saturated carbocycles. The average molecular weight is 273 g/mol. The second kappa shape index (κ2) is 5.03. The van der Waals surface area contributed by atoms with E-state index in [0.29, 0.717) is 17.6 Å². The molecule has 0 bridgehead atoms. The summed E-state index contributed by atoms with van der Waals surface area (Å²) in [5.74, 6) is 0. The van der Waals surface area contributed by atoms with Crippen molar-refractivity contribution in [1.82, 2.24) is 9.38 Å². The minimum absolute atomic E-state index is 0.389. The van der Waals surface area contributed by atoms with Gasteiger partial charge in [0.1, 0.15) is 11.3 Å². The number of rotatable bonds is 5. The van der Waals surface area contributed by atoms with Crippen LogP contribution in [-0.4, -0.2) is 39.5 Å². The third-order valence-electron chi connectivity index (χ3n) is 3.59. The molecule has 0 aliphatic rings. The van der Waals surface area contributed by atoms with Crippen molar-refractivity contribution in [1.29, 1.82) is 0 Å². The topological polar surface area (TPSA) is 63.8 Å². The van der Waals surface area contributed by atoms with Crippen LogP contribution in [0.15, 0.2) is 24.5 Å². The molecular formula is C14H18BN2O3. The molecule has 2 aromatic rings. The molecule has 0 fully saturated rings. The van der Waals surface area contributed by atoms with E-state index in [4.69, 9.17) is 4.65 Å². The second-order valence-electron chi connectivity index (χ2n) is 5.81. The van der Waals surface area contributed by atoms with Crippen molar-refractivity contribution in [3.05, 3.63) is 30.2 Å². The van der Waals surface area contributed by atoms with Crippen molar-refractivity contribution >= 4 is 24.9 Å². The first-order chi connectivity index (χ1) is 9.23. The number of imidazole rings is 1. The summed E-state index contributed by atoms with van der Waals surface area (Å²) in [6.45, 7) is 7.05. The summed E-state index contributed by atoms with van der Waals surface area (Å²) in [6, 6.07) is 3.66. The van der Waals surface area contributed by atoms with Crippen LogP contribution < -0.4 is 5.46 Å². The van der Waals surface area contributed by atoms with Crippen LogP contribution in [0.25, 0.3) is 5.65 Å². The van der Waals surface area contributed by atoms with E-state index in [9.17, 15) is 9.90 Å². The van der Waals surface area contributed by atoms with Gasteiger partial charge in [-0.2, -0.15) is 0 Å². The number of hydrogen-bond acceptors (Lipinski definition) is 4. The normalized spacial score (nSPS) is 12.7. The first-order valence-electron chi connectivity index (χ1n) is 6.40. The molecule has 2 heterocycles. The van der Waals surface area contributed by atoms with Gasteiger partial charge in [-0.1, -0.05) is 0 Å². The monoisotopic (exact) mass is 273 g/mol. The minimum Gasteiger partial charge on any atom is -0.427 e. The zero-order valence-electron chi connectivity index (χ0n) is 12.1. The highest BCUT2D eigenvalue weighted by molar-refractivity contribution is 6.47. The Kier molecular flexibility index (Phi) is 3.71. The van der Waals surface area contributed by atoms with Gasteiger partial charge < -0.3 is 14.2 Å². The van der Waals surface area contributed by atoms with E-state index in [1.807, 2.05) is 32.2 Å². The van der Waals surface area contributed by atoms with Crippen LogP contribution in [0.2, 0.25) is 0 Å². The van der Waals surface area contributed by atoms with Crippen LogP contribution in [0.3, 0.4) is 0 Å². The Balaban J connectivity index is 2.16. The molecule has 0 aromatic carbocycles. The maximum Gasteiger partial charge on any atom is 0.331 e. The third kappa shape index (κ3) is 2.91. The molecule has 2 rings (SSSR count). The molecule has 105 valence electrons. The summed E-state index contributed by atoms with van der Waals surface area (Å²) < 4.78 is 7.45. The van der Waals surface area contributed by atoms with Crippen LogP contribution in [0.4, 0.5) is 0 Å². The van der Waals surface area contributed by atoms with E-state index in [1.54, 1.807) is 31.9 Å². The highest BCUT2D eigenvalue weighted by Crippen LogP contribution is 2.24. The Hall–Kier alpha value is -1.66. The van der Waals surface area contributed by atoms with Gasteiger partial charge in [0.2, 0.25) is 0 Å². The zero-order valence-corrected chi connectivity index (χ0v) is 12.1. The van der Waals surface area contributed by atoms with Crippen molar-refractivity contribution in [2.75, 3.05) is 0 Å². The fourth-order valence-electron chi connectivity index (χ4n) is 1.51. The summed E-state index contributed by atoms with van der Waals surface area (Å²) >= 11 is 0. The molecule has 5 nitrogen and oxygen atoms in total. The number of fused-ring (bicyclic) bond motifs is 1. The molecule has 0 aliphatic heterocycles. The van der Waals surface area contributed by atoms with Crippen molar-refractivity contribution < 1.29 is 14.6 Å². The Morgan fingerprint density at radius 1 is 1.40 bits per heavy atom. The lowest BCUT2D eigenvalue weighted by Crippen LogP contribution is -2.49. The number of pyridine rings is 1. The number of aliphatic hydroxyl groups is 1. The smallest absolute Gasteiger partial charge is 0.331 e. The lowest BCUT2D eigenvalue weighted by Gasteiger charge is -2.37. The summed E-state index contributed by atoms with van der Waals surface area (Å²) in [6.07, 6.45) is 4.18. The molecular weight excluding hydrogens is 255 g/mol. The molecule has 0 atom stereocenters. The van der Waals surface area contributed by atoms with Gasteiger partial charge in [0.15, 0.2) is 6.29 Å². The van der Waals surface area contributed by atoms with E-state index in [0.717, 1.165) is 5.46 Å². The van der Waals surface area contributed by atoms with E-state index in [1.165, 1.54) is 0 Å². The summed E-state index contributed by atoms with van der Waals surface area (Å²) in [4.78, 5) is 14.8. The van der Waals surface area contributed by atoms with Crippen molar-refractivity contribution in [2.45, 2.75) is 38.9 Å².